The van der Waals surface area contributed by atoms with Crippen molar-refractivity contribution in [1.29, 1.82) is 0 Å². The molecule has 0 aliphatic carbocycles. The Labute approximate surface area is 161 Å². The maximum Gasteiger partial charge on any atom is 0.219 e. The average molecular weight is 370 g/mol. The van der Waals surface area contributed by atoms with E-state index in [1.165, 1.54) is 5.56 Å². The first kappa shape index (κ1) is 19.5. The molecule has 1 amide bonds. The number of benzene rings is 1. The van der Waals surface area contributed by atoms with E-state index in [0.29, 0.717) is 11.8 Å². The predicted octanol–water partition coefficient (Wildman–Crippen LogP) is 3.76. The number of hydrogen-bond donors (Lipinski definition) is 0. The third-order valence-electron chi connectivity index (χ3n) is 5.47. The molecular formula is C22H30N2O3. The first-order chi connectivity index (χ1) is 13.0. The van der Waals surface area contributed by atoms with Crippen molar-refractivity contribution in [3.8, 4) is 5.75 Å². The predicted molar refractivity (Wildman–Crippen MR) is 106 cm³/mol. The zero-order chi connectivity index (χ0) is 19.4. The molecule has 1 aromatic carbocycles. The lowest BCUT2D eigenvalue weighted by atomic mass is 9.87. The Kier molecular flexibility index (Phi) is 6.22. The first-order valence-electron chi connectivity index (χ1n) is 9.64. The number of nitrogens with zero attached hydrogens (tertiary/aromatic N) is 2. The minimum absolute atomic E-state index is 0.133. The van der Waals surface area contributed by atoms with Gasteiger partial charge in [0.1, 0.15) is 11.5 Å². The van der Waals surface area contributed by atoms with Gasteiger partial charge in [0.15, 0.2) is 0 Å². The highest BCUT2D eigenvalue weighted by molar-refractivity contribution is 5.73. The third kappa shape index (κ3) is 4.53. The SMILES string of the molecule is COc1ccccc1C1CN(Cc2ccco2)CC1CN(C(C)=O)C(C)C. The summed E-state index contributed by atoms with van der Waals surface area (Å²) in [6.07, 6.45) is 1.72. The van der Waals surface area contributed by atoms with E-state index in [2.05, 4.69) is 30.9 Å². The van der Waals surface area contributed by atoms with E-state index in [0.717, 1.165) is 37.7 Å². The van der Waals surface area contributed by atoms with E-state index in [4.69, 9.17) is 9.15 Å². The van der Waals surface area contributed by atoms with E-state index in [-0.39, 0.29) is 11.9 Å². The van der Waals surface area contributed by atoms with Gasteiger partial charge >= 0.3 is 0 Å². The van der Waals surface area contributed by atoms with E-state index in [9.17, 15) is 4.79 Å². The van der Waals surface area contributed by atoms with Gasteiger partial charge in [-0.2, -0.15) is 0 Å². The van der Waals surface area contributed by atoms with Gasteiger partial charge in [-0.1, -0.05) is 18.2 Å². The molecule has 1 aliphatic heterocycles. The molecule has 1 aliphatic rings. The number of para-hydroxylation sites is 1. The lowest BCUT2D eigenvalue weighted by Crippen LogP contribution is -2.40. The summed E-state index contributed by atoms with van der Waals surface area (Å²) in [6.45, 7) is 9.22. The largest absolute Gasteiger partial charge is 0.496 e. The topological polar surface area (TPSA) is 45.9 Å². The summed E-state index contributed by atoms with van der Waals surface area (Å²) in [5.41, 5.74) is 1.22. The van der Waals surface area contributed by atoms with Gasteiger partial charge in [-0.15, -0.1) is 0 Å². The number of methoxy groups -OCH3 is 1. The summed E-state index contributed by atoms with van der Waals surface area (Å²) in [5.74, 6) is 2.69. The van der Waals surface area contributed by atoms with Crippen LogP contribution in [0, 0.1) is 5.92 Å². The maximum atomic E-state index is 12.1. The van der Waals surface area contributed by atoms with Gasteiger partial charge < -0.3 is 14.1 Å². The van der Waals surface area contributed by atoms with Crippen LogP contribution in [-0.2, 0) is 11.3 Å². The van der Waals surface area contributed by atoms with E-state index < -0.39 is 0 Å². The molecule has 2 atom stereocenters. The van der Waals surface area contributed by atoms with Crippen molar-refractivity contribution in [3.63, 3.8) is 0 Å². The molecule has 27 heavy (non-hydrogen) atoms. The van der Waals surface area contributed by atoms with Gasteiger partial charge in [0, 0.05) is 38.5 Å². The van der Waals surface area contributed by atoms with Crippen LogP contribution in [0.25, 0.3) is 0 Å². The summed E-state index contributed by atoms with van der Waals surface area (Å²) < 4.78 is 11.2. The molecular weight excluding hydrogens is 340 g/mol. The molecule has 0 spiro atoms. The van der Waals surface area contributed by atoms with Crippen LogP contribution in [0.4, 0.5) is 0 Å². The van der Waals surface area contributed by atoms with Crippen molar-refractivity contribution < 1.29 is 13.9 Å². The third-order valence-corrected chi connectivity index (χ3v) is 5.47. The molecule has 1 saturated heterocycles. The standard InChI is InChI=1S/C22H30N2O3/c1-16(2)24(17(3)25)13-18-12-23(14-19-8-7-11-27-19)15-21(18)20-9-5-6-10-22(20)26-4/h5-11,16,18,21H,12-15H2,1-4H3. The minimum atomic E-state index is 0.133. The molecule has 1 fully saturated rings. The molecule has 0 N–H and O–H groups in total. The van der Waals surface area contributed by atoms with Gasteiger partial charge in [0.05, 0.1) is 19.9 Å². The second-order valence-electron chi connectivity index (χ2n) is 7.65. The van der Waals surface area contributed by atoms with Crippen LogP contribution in [-0.4, -0.2) is 48.5 Å². The van der Waals surface area contributed by atoms with E-state index >= 15 is 0 Å². The number of furan rings is 1. The van der Waals surface area contributed by atoms with Crippen LogP contribution in [0.5, 0.6) is 5.75 Å². The fourth-order valence-corrected chi connectivity index (χ4v) is 4.18. The summed E-state index contributed by atoms with van der Waals surface area (Å²) >= 11 is 0. The summed E-state index contributed by atoms with van der Waals surface area (Å²) in [7, 11) is 1.72. The fraction of sp³-hybridized carbons (Fsp3) is 0.500. The Morgan fingerprint density at radius 3 is 2.67 bits per heavy atom. The van der Waals surface area contributed by atoms with Crippen molar-refractivity contribution in [1.82, 2.24) is 9.80 Å². The smallest absolute Gasteiger partial charge is 0.219 e. The molecule has 0 saturated carbocycles. The highest BCUT2D eigenvalue weighted by Gasteiger charge is 2.37. The van der Waals surface area contributed by atoms with Crippen molar-refractivity contribution in [3.05, 3.63) is 54.0 Å². The van der Waals surface area contributed by atoms with Gasteiger partial charge in [-0.05, 0) is 43.5 Å². The zero-order valence-electron chi connectivity index (χ0n) is 16.7. The van der Waals surface area contributed by atoms with Crippen molar-refractivity contribution >= 4 is 5.91 Å². The van der Waals surface area contributed by atoms with Crippen molar-refractivity contribution in [2.75, 3.05) is 26.7 Å². The molecule has 146 valence electrons. The highest BCUT2D eigenvalue weighted by Crippen LogP contribution is 2.38. The second-order valence-corrected chi connectivity index (χ2v) is 7.65. The summed E-state index contributed by atoms with van der Waals surface area (Å²) in [4.78, 5) is 16.5. The Hall–Kier alpha value is -2.27. The average Bonchev–Trinajstić information content (AvgIpc) is 3.29. The van der Waals surface area contributed by atoms with Crippen LogP contribution < -0.4 is 4.74 Å². The van der Waals surface area contributed by atoms with Crippen LogP contribution in [0.3, 0.4) is 0 Å². The lowest BCUT2D eigenvalue weighted by molar-refractivity contribution is -0.131. The molecule has 2 aromatic rings. The quantitative estimate of drug-likeness (QED) is 0.744. The van der Waals surface area contributed by atoms with E-state index in [1.807, 2.05) is 29.2 Å². The summed E-state index contributed by atoms with van der Waals surface area (Å²) in [6, 6.07) is 12.4. The Morgan fingerprint density at radius 2 is 2.04 bits per heavy atom. The number of hydrogen-bond acceptors (Lipinski definition) is 4. The van der Waals surface area contributed by atoms with Gasteiger partial charge in [0.25, 0.3) is 0 Å². The molecule has 0 bridgehead atoms. The fourth-order valence-electron chi connectivity index (χ4n) is 4.18. The number of rotatable bonds is 7. The number of carbonyl (C=O) groups is 1. The van der Waals surface area contributed by atoms with Crippen molar-refractivity contribution in [2.45, 2.75) is 39.3 Å². The first-order valence-corrected chi connectivity index (χ1v) is 9.64. The molecule has 3 rings (SSSR count). The van der Waals surface area contributed by atoms with E-state index in [1.54, 1.807) is 20.3 Å². The molecule has 0 radical (unpaired) electrons. The Bertz CT molecular complexity index is 742. The number of likely N-dealkylation sites (tertiary alicyclic amines) is 1. The van der Waals surface area contributed by atoms with Gasteiger partial charge in [-0.25, -0.2) is 0 Å². The monoisotopic (exact) mass is 370 g/mol. The van der Waals surface area contributed by atoms with Crippen molar-refractivity contribution in [2.24, 2.45) is 5.92 Å². The number of amides is 1. The molecule has 1 aromatic heterocycles. The normalized spacial score (nSPS) is 20.2. The minimum Gasteiger partial charge on any atom is -0.496 e. The summed E-state index contributed by atoms with van der Waals surface area (Å²) in [5, 5.41) is 0. The lowest BCUT2D eigenvalue weighted by Gasteiger charge is -2.31. The van der Waals surface area contributed by atoms with Crippen LogP contribution in [0.2, 0.25) is 0 Å². The zero-order valence-corrected chi connectivity index (χ0v) is 16.7. The molecule has 5 nitrogen and oxygen atoms in total. The maximum absolute atomic E-state index is 12.1. The van der Waals surface area contributed by atoms with Crippen LogP contribution in [0.15, 0.2) is 47.1 Å². The molecule has 2 unspecified atom stereocenters. The van der Waals surface area contributed by atoms with Gasteiger partial charge in [-0.3, -0.25) is 9.69 Å². The molecule has 2 heterocycles. The number of ether oxygens (including phenoxy) is 1. The highest BCUT2D eigenvalue weighted by atomic mass is 16.5. The Balaban J connectivity index is 1.85. The Morgan fingerprint density at radius 1 is 1.26 bits per heavy atom. The van der Waals surface area contributed by atoms with Crippen LogP contribution >= 0.6 is 0 Å². The molecule has 5 heteroatoms. The second kappa shape index (κ2) is 8.61. The van der Waals surface area contributed by atoms with Crippen LogP contribution in [0.1, 0.15) is 38.0 Å². The van der Waals surface area contributed by atoms with Gasteiger partial charge in [0.2, 0.25) is 5.91 Å². The number of carbonyl (C=O) groups excluding carboxylic acids is 1.